The average Bonchev–Trinajstić information content (AvgIpc) is 3.77. The van der Waals surface area contributed by atoms with Crippen molar-refractivity contribution < 1.29 is 4.42 Å². The van der Waals surface area contributed by atoms with Crippen LogP contribution in [-0.2, 0) is 0 Å². The Morgan fingerprint density at radius 2 is 1.02 bits per heavy atom. The number of fused-ring (bicyclic) bond motifs is 10. The zero-order chi connectivity index (χ0) is 29.2. The van der Waals surface area contributed by atoms with Crippen LogP contribution in [0.5, 0.6) is 0 Å². The highest BCUT2D eigenvalue weighted by Gasteiger charge is 2.18. The van der Waals surface area contributed by atoms with Gasteiger partial charge >= 0.3 is 0 Å². The summed E-state index contributed by atoms with van der Waals surface area (Å²) in [7, 11) is 0. The summed E-state index contributed by atoms with van der Waals surface area (Å²) < 4.78 is 11.4. The fourth-order valence-corrected chi connectivity index (χ4v) is 8.99. The van der Waals surface area contributed by atoms with Gasteiger partial charge in [0.2, 0.25) is 0 Å². The van der Waals surface area contributed by atoms with Crippen LogP contribution >= 0.6 is 11.3 Å². The number of aromatic nitrogens is 1. The van der Waals surface area contributed by atoms with Gasteiger partial charge in [-0.15, -0.1) is 11.3 Å². The molecule has 4 aromatic heterocycles. The monoisotopic (exact) mass is 589 g/mol. The lowest BCUT2D eigenvalue weighted by Crippen LogP contribution is -1.86. The van der Waals surface area contributed by atoms with E-state index in [1.54, 1.807) is 0 Å². The predicted octanol–water partition coefficient (Wildman–Crippen LogP) is 12.5. The highest BCUT2D eigenvalue weighted by Crippen LogP contribution is 2.44. The summed E-state index contributed by atoms with van der Waals surface area (Å²) in [6.45, 7) is 0. The minimum Gasteiger partial charge on any atom is -0.456 e. The molecule has 0 aliphatic heterocycles. The molecule has 11 aromatic rings. The third-order valence-corrected chi connectivity index (χ3v) is 10.9. The van der Waals surface area contributed by atoms with Crippen molar-refractivity contribution in [1.82, 2.24) is 4.40 Å². The van der Waals surface area contributed by atoms with Crippen molar-refractivity contribution >= 4 is 102 Å². The second-order valence-corrected chi connectivity index (χ2v) is 13.1. The zero-order valence-electron chi connectivity index (χ0n) is 24.0. The molecule has 0 atom stereocenters. The summed E-state index contributed by atoms with van der Waals surface area (Å²) >= 11 is 1.89. The van der Waals surface area contributed by atoms with Gasteiger partial charge in [-0.2, -0.15) is 0 Å². The number of hydrogen-bond donors (Lipinski definition) is 0. The molecule has 0 amide bonds. The molecule has 0 saturated heterocycles. The van der Waals surface area contributed by atoms with Gasteiger partial charge in [0.1, 0.15) is 11.2 Å². The molecule has 0 N–H and O–H groups in total. The first kappa shape index (κ1) is 23.8. The Bertz CT molecular complexity index is 3050. The van der Waals surface area contributed by atoms with Gasteiger partial charge < -0.3 is 8.82 Å². The average molecular weight is 590 g/mol. The lowest BCUT2D eigenvalue weighted by molar-refractivity contribution is 0.669. The summed E-state index contributed by atoms with van der Waals surface area (Å²) in [6.07, 6.45) is 0. The Labute approximate surface area is 260 Å². The van der Waals surface area contributed by atoms with Crippen molar-refractivity contribution in [2.45, 2.75) is 0 Å². The summed E-state index contributed by atoms with van der Waals surface area (Å²) in [6, 6.07) is 51.2. The number of para-hydroxylation sites is 2. The van der Waals surface area contributed by atoms with E-state index >= 15 is 0 Å². The minimum atomic E-state index is 0.920. The standard InChI is InChI=1S/C42H23NOS/c1-2-9-27-26(8-1)30-11-6-16-38-40(30)41-35(14-7-17-39(41)45-38)43-34-21-19-24(22-33(34)32-13-5-12-31(27)42(32)43)25-18-20-29-28-10-3-4-15-36(28)44-37(29)23-25/h1-23H. The number of rotatable bonds is 1. The van der Waals surface area contributed by atoms with Gasteiger partial charge in [-0.1, -0.05) is 91.0 Å². The molecule has 0 aliphatic carbocycles. The first-order valence-electron chi connectivity index (χ1n) is 15.4. The highest BCUT2D eigenvalue weighted by molar-refractivity contribution is 7.26. The molecular weight excluding hydrogens is 567 g/mol. The second kappa shape index (κ2) is 8.50. The van der Waals surface area contributed by atoms with Gasteiger partial charge in [0.05, 0.1) is 16.6 Å². The summed E-state index contributed by atoms with van der Waals surface area (Å²) in [5, 5.41) is 12.6. The van der Waals surface area contributed by atoms with Crippen LogP contribution in [0.25, 0.3) is 102 Å². The smallest absolute Gasteiger partial charge is 0.136 e. The molecule has 11 rings (SSSR count). The number of hydrogen-bond acceptors (Lipinski definition) is 2. The SMILES string of the molecule is c1ccc2c(c1)oc1cc(-c3ccc4c(c3)c3cccc5c6ccccc6c6cccc7sc8cccc(c8c76)n4c53)ccc12. The zero-order valence-corrected chi connectivity index (χ0v) is 24.9. The number of thiophene rings is 1. The predicted molar refractivity (Wildman–Crippen MR) is 193 cm³/mol. The maximum absolute atomic E-state index is 6.27. The molecule has 45 heavy (non-hydrogen) atoms. The van der Waals surface area contributed by atoms with E-state index in [9.17, 15) is 0 Å². The normalized spacial score (nSPS) is 12.4. The summed E-state index contributed by atoms with van der Waals surface area (Å²) in [4.78, 5) is 0. The molecule has 0 aliphatic rings. The maximum Gasteiger partial charge on any atom is 0.136 e. The molecule has 2 nitrogen and oxygen atoms in total. The number of benzene rings is 7. The molecule has 208 valence electrons. The summed E-state index contributed by atoms with van der Waals surface area (Å²) in [5.74, 6) is 0. The van der Waals surface area contributed by atoms with Crippen molar-refractivity contribution in [3.63, 3.8) is 0 Å². The van der Waals surface area contributed by atoms with E-state index in [-0.39, 0.29) is 0 Å². The van der Waals surface area contributed by atoms with Crippen LogP contribution in [0.15, 0.2) is 144 Å². The van der Waals surface area contributed by atoms with Crippen LogP contribution in [0.3, 0.4) is 0 Å². The van der Waals surface area contributed by atoms with Gasteiger partial charge in [-0.25, -0.2) is 0 Å². The lowest BCUT2D eigenvalue weighted by Gasteiger charge is -2.05. The summed E-state index contributed by atoms with van der Waals surface area (Å²) in [5.41, 5.74) is 7.90. The highest BCUT2D eigenvalue weighted by atomic mass is 32.1. The molecule has 4 heterocycles. The van der Waals surface area contributed by atoms with E-state index in [1.165, 1.54) is 74.6 Å². The van der Waals surface area contributed by atoms with Gasteiger partial charge in [-0.3, -0.25) is 0 Å². The third-order valence-electron chi connectivity index (χ3n) is 9.75. The topological polar surface area (TPSA) is 17.6 Å². The number of furan rings is 1. The Kier molecular flexibility index (Phi) is 4.49. The van der Waals surface area contributed by atoms with Crippen molar-refractivity contribution in [2.24, 2.45) is 0 Å². The Morgan fingerprint density at radius 1 is 0.400 bits per heavy atom. The molecule has 0 fully saturated rings. The van der Waals surface area contributed by atoms with Crippen LogP contribution < -0.4 is 0 Å². The van der Waals surface area contributed by atoms with E-state index in [1.807, 2.05) is 23.5 Å². The van der Waals surface area contributed by atoms with Crippen molar-refractivity contribution in [3.05, 3.63) is 140 Å². The van der Waals surface area contributed by atoms with Gasteiger partial charge in [0.15, 0.2) is 0 Å². The largest absolute Gasteiger partial charge is 0.456 e. The van der Waals surface area contributed by atoms with Crippen LogP contribution in [0, 0.1) is 0 Å². The van der Waals surface area contributed by atoms with Gasteiger partial charge in [0.25, 0.3) is 0 Å². The first-order chi connectivity index (χ1) is 22.3. The number of nitrogens with zero attached hydrogens (tertiary/aromatic N) is 1. The van der Waals surface area contributed by atoms with Crippen molar-refractivity contribution in [1.29, 1.82) is 0 Å². The molecule has 3 heteroatoms. The van der Waals surface area contributed by atoms with E-state index in [2.05, 4.69) is 132 Å². The van der Waals surface area contributed by atoms with E-state index in [0.717, 1.165) is 27.5 Å². The second-order valence-electron chi connectivity index (χ2n) is 12.1. The first-order valence-corrected chi connectivity index (χ1v) is 16.2. The quantitative estimate of drug-likeness (QED) is 0.186. The molecular formula is C42H23NOS. The molecule has 0 spiro atoms. The van der Waals surface area contributed by atoms with E-state index < -0.39 is 0 Å². The van der Waals surface area contributed by atoms with Crippen LogP contribution in [0.1, 0.15) is 0 Å². The molecule has 7 aromatic carbocycles. The fraction of sp³-hybridized carbons (Fsp3) is 0. The Hall–Kier alpha value is -5.64. The van der Waals surface area contributed by atoms with E-state index in [0.29, 0.717) is 0 Å². The van der Waals surface area contributed by atoms with Crippen LogP contribution in [-0.4, -0.2) is 4.40 Å². The van der Waals surface area contributed by atoms with Crippen molar-refractivity contribution in [2.75, 3.05) is 0 Å². The third kappa shape index (κ3) is 3.08. The molecule has 0 saturated carbocycles. The van der Waals surface area contributed by atoms with Gasteiger partial charge in [0, 0.05) is 47.1 Å². The Morgan fingerprint density at radius 3 is 1.91 bits per heavy atom. The van der Waals surface area contributed by atoms with Gasteiger partial charge in [-0.05, 0) is 75.8 Å². The minimum absolute atomic E-state index is 0.920. The molecule has 0 unspecified atom stereocenters. The van der Waals surface area contributed by atoms with E-state index in [4.69, 9.17) is 4.42 Å². The Balaban J connectivity index is 1.33. The lowest BCUT2D eigenvalue weighted by atomic mass is 9.99. The van der Waals surface area contributed by atoms with Crippen molar-refractivity contribution in [3.8, 4) is 11.1 Å². The fourth-order valence-electron chi connectivity index (χ4n) is 7.83. The van der Waals surface area contributed by atoms with Crippen LogP contribution in [0.4, 0.5) is 0 Å². The van der Waals surface area contributed by atoms with Crippen LogP contribution in [0.2, 0.25) is 0 Å². The molecule has 0 radical (unpaired) electrons. The molecule has 0 bridgehead atoms. The maximum atomic E-state index is 6.27.